The molecule has 2 heterocycles. The zero-order valence-electron chi connectivity index (χ0n) is 14.9. The molecule has 0 aliphatic heterocycles. The summed E-state index contributed by atoms with van der Waals surface area (Å²) in [5, 5.41) is 6.41. The second kappa shape index (κ2) is 9.28. The summed E-state index contributed by atoms with van der Waals surface area (Å²) >= 11 is 0. The molecule has 0 unspecified atom stereocenters. The standard InChI is InChI=1S/C20H20FN5O/c1-22-20(26-14-17-6-2-3-10-23-17)25-13-15-8-9-19(24-12-15)27-18-7-4-5-16(21)11-18/h2-12H,13-14H2,1H3,(H2,22,25,26). The van der Waals surface area contributed by atoms with E-state index in [4.69, 9.17) is 4.74 Å². The highest BCUT2D eigenvalue weighted by Crippen LogP contribution is 2.19. The van der Waals surface area contributed by atoms with Crippen molar-refractivity contribution in [2.24, 2.45) is 4.99 Å². The second-order valence-corrected chi connectivity index (χ2v) is 5.66. The number of aliphatic imine (C=N–C) groups is 1. The highest BCUT2D eigenvalue weighted by molar-refractivity contribution is 5.79. The number of guanidine groups is 1. The summed E-state index contributed by atoms with van der Waals surface area (Å²) in [6.45, 7) is 1.13. The first-order valence-electron chi connectivity index (χ1n) is 8.46. The molecule has 0 amide bonds. The minimum Gasteiger partial charge on any atom is -0.439 e. The first kappa shape index (κ1) is 18.3. The summed E-state index contributed by atoms with van der Waals surface area (Å²) in [7, 11) is 1.71. The fourth-order valence-electron chi connectivity index (χ4n) is 2.31. The van der Waals surface area contributed by atoms with E-state index in [9.17, 15) is 4.39 Å². The van der Waals surface area contributed by atoms with Crippen LogP contribution in [0.15, 0.2) is 72.0 Å². The summed E-state index contributed by atoms with van der Waals surface area (Å²) in [5.41, 5.74) is 1.89. The molecule has 2 N–H and O–H groups in total. The molecule has 3 aromatic rings. The van der Waals surface area contributed by atoms with Crippen LogP contribution in [0.1, 0.15) is 11.3 Å². The summed E-state index contributed by atoms with van der Waals surface area (Å²) in [6.07, 6.45) is 3.46. The maximum absolute atomic E-state index is 13.2. The quantitative estimate of drug-likeness (QED) is 0.518. The topological polar surface area (TPSA) is 71.4 Å². The Balaban J connectivity index is 1.50. The van der Waals surface area contributed by atoms with Crippen LogP contribution in [0.4, 0.5) is 4.39 Å². The van der Waals surface area contributed by atoms with E-state index in [0.717, 1.165) is 11.3 Å². The molecule has 0 saturated heterocycles. The normalized spacial score (nSPS) is 11.1. The van der Waals surface area contributed by atoms with Gasteiger partial charge < -0.3 is 15.4 Å². The number of pyridine rings is 2. The lowest BCUT2D eigenvalue weighted by Crippen LogP contribution is -2.36. The molecule has 0 spiro atoms. The molecule has 0 radical (unpaired) electrons. The van der Waals surface area contributed by atoms with Gasteiger partial charge in [0, 0.05) is 38.1 Å². The van der Waals surface area contributed by atoms with Crippen LogP contribution in [-0.2, 0) is 13.1 Å². The zero-order valence-corrected chi connectivity index (χ0v) is 14.9. The van der Waals surface area contributed by atoms with Gasteiger partial charge in [-0.2, -0.15) is 0 Å². The van der Waals surface area contributed by atoms with Gasteiger partial charge in [0.05, 0.1) is 12.2 Å². The van der Waals surface area contributed by atoms with Gasteiger partial charge in [-0.25, -0.2) is 9.37 Å². The first-order valence-corrected chi connectivity index (χ1v) is 8.46. The fourth-order valence-corrected chi connectivity index (χ4v) is 2.31. The lowest BCUT2D eigenvalue weighted by Gasteiger charge is -2.12. The van der Waals surface area contributed by atoms with Gasteiger partial charge in [0.2, 0.25) is 5.88 Å². The molecule has 27 heavy (non-hydrogen) atoms. The van der Waals surface area contributed by atoms with Crippen LogP contribution in [0.5, 0.6) is 11.6 Å². The zero-order chi connectivity index (χ0) is 18.9. The molecule has 0 bridgehead atoms. The Labute approximate surface area is 157 Å². The molecule has 138 valence electrons. The highest BCUT2D eigenvalue weighted by atomic mass is 19.1. The van der Waals surface area contributed by atoms with Gasteiger partial charge in [-0.3, -0.25) is 9.98 Å². The molecule has 0 fully saturated rings. The lowest BCUT2D eigenvalue weighted by atomic mass is 10.3. The fraction of sp³-hybridized carbons (Fsp3) is 0.150. The molecule has 3 rings (SSSR count). The number of hydrogen-bond acceptors (Lipinski definition) is 4. The van der Waals surface area contributed by atoms with Crippen LogP contribution in [0.2, 0.25) is 0 Å². The minimum atomic E-state index is -0.349. The third-order valence-electron chi connectivity index (χ3n) is 3.66. The Morgan fingerprint density at radius 1 is 1.04 bits per heavy atom. The van der Waals surface area contributed by atoms with Gasteiger partial charge in [0.15, 0.2) is 5.96 Å². The summed E-state index contributed by atoms with van der Waals surface area (Å²) < 4.78 is 18.7. The van der Waals surface area contributed by atoms with E-state index in [2.05, 4.69) is 25.6 Å². The summed E-state index contributed by atoms with van der Waals surface area (Å²) in [5.74, 6) is 1.13. The van der Waals surface area contributed by atoms with Crippen molar-refractivity contribution in [3.8, 4) is 11.6 Å². The highest BCUT2D eigenvalue weighted by Gasteiger charge is 2.03. The summed E-state index contributed by atoms with van der Waals surface area (Å²) in [6, 6.07) is 15.3. The van der Waals surface area contributed by atoms with Crippen LogP contribution in [0, 0.1) is 5.82 Å². The summed E-state index contributed by atoms with van der Waals surface area (Å²) in [4.78, 5) is 12.7. The molecule has 0 saturated carbocycles. The van der Waals surface area contributed by atoms with Crippen molar-refractivity contribution in [2.45, 2.75) is 13.1 Å². The van der Waals surface area contributed by atoms with E-state index >= 15 is 0 Å². The number of benzene rings is 1. The van der Waals surface area contributed by atoms with Crippen LogP contribution in [0.25, 0.3) is 0 Å². The number of ether oxygens (including phenoxy) is 1. The van der Waals surface area contributed by atoms with E-state index in [1.165, 1.54) is 12.1 Å². The smallest absolute Gasteiger partial charge is 0.219 e. The van der Waals surface area contributed by atoms with Gasteiger partial charge in [-0.15, -0.1) is 0 Å². The van der Waals surface area contributed by atoms with E-state index in [-0.39, 0.29) is 5.82 Å². The van der Waals surface area contributed by atoms with Gasteiger partial charge >= 0.3 is 0 Å². The molecule has 0 atom stereocenters. The van der Waals surface area contributed by atoms with Crippen molar-refractivity contribution in [1.29, 1.82) is 0 Å². The van der Waals surface area contributed by atoms with E-state index in [1.807, 2.05) is 24.3 Å². The number of nitrogens with zero attached hydrogens (tertiary/aromatic N) is 3. The predicted molar refractivity (Wildman–Crippen MR) is 102 cm³/mol. The maximum Gasteiger partial charge on any atom is 0.219 e. The van der Waals surface area contributed by atoms with Crippen LogP contribution >= 0.6 is 0 Å². The Morgan fingerprint density at radius 3 is 2.63 bits per heavy atom. The number of nitrogens with one attached hydrogen (secondary N) is 2. The van der Waals surface area contributed by atoms with Crippen molar-refractivity contribution >= 4 is 5.96 Å². The maximum atomic E-state index is 13.2. The van der Waals surface area contributed by atoms with Crippen molar-refractivity contribution in [2.75, 3.05) is 7.05 Å². The van der Waals surface area contributed by atoms with Crippen LogP contribution in [0.3, 0.4) is 0 Å². The van der Waals surface area contributed by atoms with Crippen molar-refractivity contribution in [3.63, 3.8) is 0 Å². The van der Waals surface area contributed by atoms with Gasteiger partial charge in [-0.05, 0) is 29.8 Å². The average molecular weight is 365 g/mol. The van der Waals surface area contributed by atoms with Crippen molar-refractivity contribution in [1.82, 2.24) is 20.6 Å². The predicted octanol–water partition coefficient (Wildman–Crippen LogP) is 3.27. The number of aromatic nitrogens is 2. The van der Waals surface area contributed by atoms with Gasteiger partial charge in [0.1, 0.15) is 11.6 Å². The lowest BCUT2D eigenvalue weighted by molar-refractivity contribution is 0.457. The third kappa shape index (κ3) is 5.78. The number of rotatable bonds is 6. The molecular weight excluding hydrogens is 345 g/mol. The van der Waals surface area contributed by atoms with Gasteiger partial charge in [0.25, 0.3) is 0 Å². The molecule has 6 nitrogen and oxygen atoms in total. The second-order valence-electron chi connectivity index (χ2n) is 5.66. The molecule has 0 aliphatic rings. The van der Waals surface area contributed by atoms with E-state index in [0.29, 0.717) is 30.7 Å². The van der Waals surface area contributed by atoms with E-state index < -0.39 is 0 Å². The largest absolute Gasteiger partial charge is 0.439 e. The number of hydrogen-bond donors (Lipinski definition) is 2. The molecule has 2 aromatic heterocycles. The monoisotopic (exact) mass is 365 g/mol. The Morgan fingerprint density at radius 2 is 1.93 bits per heavy atom. The SMILES string of the molecule is CN=C(NCc1ccc(Oc2cccc(F)c2)nc1)NCc1ccccn1. The molecule has 7 heteroatoms. The minimum absolute atomic E-state index is 0.349. The molecule has 1 aromatic carbocycles. The Bertz CT molecular complexity index is 884. The first-order chi connectivity index (χ1) is 13.2. The molecule has 0 aliphatic carbocycles. The van der Waals surface area contributed by atoms with Crippen molar-refractivity contribution in [3.05, 3.63) is 84.1 Å². The van der Waals surface area contributed by atoms with Crippen LogP contribution in [-0.4, -0.2) is 23.0 Å². The Hall–Kier alpha value is -3.48. The van der Waals surface area contributed by atoms with Crippen LogP contribution < -0.4 is 15.4 Å². The van der Waals surface area contributed by atoms with Crippen molar-refractivity contribution < 1.29 is 9.13 Å². The molecular formula is C20H20FN5O. The van der Waals surface area contributed by atoms with E-state index in [1.54, 1.807) is 37.6 Å². The Kier molecular flexibility index (Phi) is 6.30. The third-order valence-corrected chi connectivity index (χ3v) is 3.66. The number of halogens is 1. The van der Waals surface area contributed by atoms with Gasteiger partial charge in [-0.1, -0.05) is 18.2 Å². The average Bonchev–Trinajstić information content (AvgIpc) is 2.70.